The number of pyridine rings is 2. The first-order valence-corrected chi connectivity index (χ1v) is 15.2. The van der Waals surface area contributed by atoms with Crippen molar-refractivity contribution >= 4 is 92.8 Å². The molecule has 4 rings (SSSR count). The lowest BCUT2D eigenvalue weighted by Gasteiger charge is -2.49. The Labute approximate surface area is 243 Å². The monoisotopic (exact) mass is 632 g/mol. The summed E-state index contributed by atoms with van der Waals surface area (Å²) < 4.78 is 22.6. The van der Waals surface area contributed by atoms with Crippen LogP contribution in [0.25, 0.3) is 0 Å². The van der Waals surface area contributed by atoms with Crippen LogP contribution in [0.1, 0.15) is 10.4 Å². The van der Waals surface area contributed by atoms with E-state index in [1.165, 1.54) is 40.8 Å². The molecule has 2 aromatic heterocycles. The number of thiocarbonyl (C=S) groups is 1. The molecule has 1 unspecified atom stereocenters. The van der Waals surface area contributed by atoms with Gasteiger partial charge in [-0.05, 0) is 34.3 Å². The lowest BCUT2D eigenvalue weighted by atomic mass is 10.0. The second kappa shape index (κ2) is 12.4. The molecule has 38 heavy (non-hydrogen) atoms. The molecular weight excluding hydrogens is 615 g/mol. The number of carbonyl (C=O) groups excluding carboxylic acids is 2. The molecule has 1 fully saturated rings. The molecule has 10 nitrogen and oxygen atoms in total. The molecule has 2 N–H and O–H groups in total. The zero-order valence-electron chi connectivity index (χ0n) is 19.2. The number of aliphatic carboxylic acids is 1. The second-order valence-electron chi connectivity index (χ2n) is 8.08. The number of fused-ring (bicyclic) bond motifs is 1. The molecule has 1 saturated heterocycles. The van der Waals surface area contributed by atoms with E-state index < -0.39 is 40.1 Å². The fraction of sp³-hybridized carbons (Fsp3) is 0.273. The average Bonchev–Trinajstić information content (AvgIpc) is 2.84. The molecule has 1 amide bonds. The molecule has 200 valence electrons. The summed E-state index contributed by atoms with van der Waals surface area (Å²) in [5.41, 5.74) is 1.28. The number of β-lactam (4-membered cyclic amide) rings is 1. The predicted octanol–water partition coefficient (Wildman–Crippen LogP) is 2.07. The largest absolute Gasteiger partial charge is 0.772 e. The Morgan fingerprint density at radius 3 is 2.58 bits per heavy atom. The molecule has 2 aliphatic heterocycles. The number of hydrogen-bond donors (Lipinski definition) is 2. The van der Waals surface area contributed by atoms with Crippen molar-refractivity contribution in [2.24, 2.45) is 0 Å². The number of carbonyl (C=O) groups is 3. The number of aromatic nitrogens is 2. The minimum atomic E-state index is -2.48. The van der Waals surface area contributed by atoms with E-state index in [1.807, 2.05) is 0 Å². The van der Waals surface area contributed by atoms with Crippen molar-refractivity contribution in [3.63, 3.8) is 0 Å². The minimum Gasteiger partial charge on any atom is -0.772 e. The van der Waals surface area contributed by atoms with Gasteiger partial charge >= 0.3 is 11.9 Å². The Kier molecular flexibility index (Phi) is 9.44. The summed E-state index contributed by atoms with van der Waals surface area (Å²) in [6.45, 7) is 0. The van der Waals surface area contributed by atoms with Gasteiger partial charge in [0.25, 0.3) is 5.91 Å². The molecule has 0 aliphatic carbocycles. The molecule has 16 heteroatoms. The molecule has 2 aliphatic rings. The maximum absolute atomic E-state index is 13.0. The van der Waals surface area contributed by atoms with E-state index in [0.717, 1.165) is 15.0 Å². The highest BCUT2D eigenvalue weighted by Crippen LogP contribution is 2.41. The number of nitrogens with zero attached hydrogens (tertiary/aromatic N) is 3. The van der Waals surface area contributed by atoms with Gasteiger partial charge in [-0.15, -0.1) is 28.1 Å². The van der Waals surface area contributed by atoms with Crippen molar-refractivity contribution in [3.8, 4) is 0 Å². The minimum absolute atomic E-state index is 0.0398. The van der Waals surface area contributed by atoms with Gasteiger partial charge in [-0.25, -0.2) is 14.6 Å². The zero-order valence-corrected chi connectivity index (χ0v) is 23.9. The van der Waals surface area contributed by atoms with Crippen LogP contribution in [0.4, 0.5) is 0 Å². The van der Waals surface area contributed by atoms with E-state index in [2.05, 4.69) is 10.3 Å². The van der Waals surface area contributed by atoms with Crippen molar-refractivity contribution in [1.29, 1.82) is 0 Å². The van der Waals surface area contributed by atoms with Crippen molar-refractivity contribution in [2.75, 3.05) is 17.3 Å². The van der Waals surface area contributed by atoms with Crippen LogP contribution in [0.5, 0.6) is 0 Å². The Bertz CT molecular complexity index is 1350. The van der Waals surface area contributed by atoms with Crippen LogP contribution >= 0.6 is 58.9 Å². The van der Waals surface area contributed by atoms with Gasteiger partial charge in [-0.3, -0.25) is 13.9 Å². The first-order chi connectivity index (χ1) is 18.0. The summed E-state index contributed by atoms with van der Waals surface area (Å²) in [6, 6.07) is 5.86. The highest BCUT2D eigenvalue weighted by molar-refractivity contribution is 8.01. The molecule has 0 aromatic carbocycles. The fourth-order valence-corrected chi connectivity index (χ4v) is 7.36. The maximum Gasteiger partial charge on any atom is 0.403 e. The number of rotatable bonds is 9. The molecule has 2 aromatic rings. The predicted molar refractivity (Wildman–Crippen MR) is 147 cm³/mol. The summed E-state index contributed by atoms with van der Waals surface area (Å²) in [5.74, 6) is -2.07. The van der Waals surface area contributed by atoms with Crippen LogP contribution < -0.4 is 9.88 Å². The van der Waals surface area contributed by atoms with E-state index in [4.69, 9.17) is 35.4 Å². The van der Waals surface area contributed by atoms with Gasteiger partial charge < -0.3 is 15.0 Å². The topological polar surface area (TPSA) is 144 Å². The number of thioether (sulfide) groups is 2. The van der Waals surface area contributed by atoms with Gasteiger partial charge in [0.2, 0.25) is 0 Å². The standard InChI is InChI=1S/C22H18Cl2N4O6S4/c23-14-5-11(6-15(24)25-14)7-16(35)26-18-20(30)28-19(22(31)32)12(9-37-21(18)28)8-36-13-1-3-27(4-2-13)17(29)10-38(33)34/h1-6,18,21H,7-10H2,(H2-,26,31,32,33,34,35)/t18-,21+/m0/s1. The lowest BCUT2D eigenvalue weighted by molar-refractivity contribution is -0.572. The molecule has 0 bridgehead atoms. The first kappa shape index (κ1) is 28.9. The summed E-state index contributed by atoms with van der Waals surface area (Å²) >= 11 is 17.6. The van der Waals surface area contributed by atoms with Crippen LogP contribution in [-0.4, -0.2) is 75.2 Å². The van der Waals surface area contributed by atoms with Gasteiger partial charge in [0, 0.05) is 35.0 Å². The average molecular weight is 634 g/mol. The lowest BCUT2D eigenvalue weighted by Crippen LogP contribution is -2.70. The molecular formula is C22H18Cl2N4O6S4. The van der Waals surface area contributed by atoms with Gasteiger partial charge in [0.15, 0.2) is 12.4 Å². The normalized spacial score (nSPS) is 19.4. The highest BCUT2D eigenvalue weighted by atomic mass is 35.5. The third-order valence-corrected chi connectivity index (χ3v) is 9.06. The second-order valence-corrected chi connectivity index (χ2v) is 12.4. The van der Waals surface area contributed by atoms with E-state index in [9.17, 15) is 28.3 Å². The molecule has 0 radical (unpaired) electrons. The number of hydrogen-bond acceptors (Lipinski definition) is 9. The smallest absolute Gasteiger partial charge is 0.403 e. The molecule has 3 atom stereocenters. The summed E-state index contributed by atoms with van der Waals surface area (Å²) in [5, 5.41) is 13.0. The Morgan fingerprint density at radius 2 is 1.97 bits per heavy atom. The van der Waals surface area contributed by atoms with E-state index in [-0.39, 0.29) is 21.9 Å². The van der Waals surface area contributed by atoms with Crippen molar-refractivity contribution < 1.29 is 32.8 Å². The number of halogens is 2. The van der Waals surface area contributed by atoms with Crippen LogP contribution in [-0.2, 0) is 27.1 Å². The third-order valence-electron chi connectivity index (χ3n) is 5.49. The molecule has 4 heterocycles. The number of carboxylic acid groups (broad SMARTS) is 1. The van der Waals surface area contributed by atoms with E-state index >= 15 is 0 Å². The summed E-state index contributed by atoms with van der Waals surface area (Å²) in [7, 11) is 0. The van der Waals surface area contributed by atoms with Gasteiger partial charge in [-0.1, -0.05) is 35.4 Å². The maximum atomic E-state index is 13.0. The molecule has 0 saturated carbocycles. The van der Waals surface area contributed by atoms with Crippen molar-refractivity contribution in [3.05, 3.63) is 63.8 Å². The van der Waals surface area contributed by atoms with Gasteiger partial charge in [0.05, 0.1) is 4.99 Å². The van der Waals surface area contributed by atoms with Crippen molar-refractivity contribution in [1.82, 2.24) is 15.2 Å². The number of carboxylic acids is 1. The van der Waals surface area contributed by atoms with Crippen LogP contribution in [0, 0.1) is 0 Å². The summed E-state index contributed by atoms with van der Waals surface area (Å²) in [4.78, 5) is 43.2. The first-order valence-electron chi connectivity index (χ1n) is 10.8. The third kappa shape index (κ3) is 6.73. The Balaban J connectivity index is 1.39. The van der Waals surface area contributed by atoms with Crippen LogP contribution in [0.2, 0.25) is 10.3 Å². The highest BCUT2D eigenvalue weighted by Gasteiger charge is 2.53. The fourth-order valence-electron chi connectivity index (χ4n) is 3.84. The van der Waals surface area contributed by atoms with E-state index in [1.54, 1.807) is 24.3 Å². The molecule has 0 spiro atoms. The number of nitrogens with one attached hydrogen (secondary N) is 1. The van der Waals surface area contributed by atoms with Gasteiger partial charge in [0.1, 0.15) is 33.2 Å². The Morgan fingerprint density at radius 1 is 1.32 bits per heavy atom. The van der Waals surface area contributed by atoms with Crippen molar-refractivity contribution in [2.45, 2.75) is 22.7 Å². The van der Waals surface area contributed by atoms with Crippen LogP contribution in [0.3, 0.4) is 0 Å². The van der Waals surface area contributed by atoms with Gasteiger partial charge in [-0.2, -0.15) is 0 Å². The quantitative estimate of drug-likeness (QED) is 0.105. The summed E-state index contributed by atoms with van der Waals surface area (Å²) in [6.07, 6.45) is 3.18. The number of amides is 1. The zero-order chi connectivity index (χ0) is 27.6. The van der Waals surface area contributed by atoms with E-state index in [0.29, 0.717) is 28.5 Å². The van der Waals surface area contributed by atoms with Crippen LogP contribution in [0.15, 0.2) is 52.8 Å². The SMILES string of the molecule is O=C(O)C1=C(CSc2cc[n+](C(=O)CS(=O)[O-])cc2)CS[C@@H]2[C@@H](NC(=S)Cc3cc(Cl)nc(Cl)c3)C(=O)N12. The Hall–Kier alpha value is -2.07.